The van der Waals surface area contributed by atoms with Crippen molar-refractivity contribution in [3.05, 3.63) is 63.5 Å². The van der Waals surface area contributed by atoms with Gasteiger partial charge in [-0.05, 0) is 73.9 Å². The minimum Gasteiger partial charge on any atom is -0.352 e. The maximum absolute atomic E-state index is 14.4. The number of hydrogen-bond acceptors (Lipinski definition) is 2. The molecule has 1 unspecified atom stereocenters. The number of nitrogens with zero attached hydrogens (tertiary/aromatic N) is 2. The van der Waals surface area contributed by atoms with Gasteiger partial charge in [0, 0.05) is 12.6 Å². The molecule has 1 aliphatic heterocycles. The Bertz CT molecular complexity index is 882. The van der Waals surface area contributed by atoms with Gasteiger partial charge in [-0.2, -0.15) is 0 Å². The molecule has 0 radical (unpaired) electrons. The van der Waals surface area contributed by atoms with Crippen LogP contribution in [0.3, 0.4) is 0 Å². The minimum atomic E-state index is -0.378. The number of hydrogen-bond donors (Lipinski definition) is 0. The van der Waals surface area contributed by atoms with Gasteiger partial charge in [0.25, 0.3) is 0 Å². The standard InChI is InChI=1S/C23H29FN2/c1-14(2)10-18-8-9-21-20(12-18)23(6,26(7)13-25-21)19-11-15(3)22(24)17(5)16(19)4/h8-9,11-14H,10H2,1-7H3. The molecule has 0 saturated carbocycles. The van der Waals surface area contributed by atoms with Gasteiger partial charge in [-0.25, -0.2) is 9.38 Å². The number of halogens is 1. The lowest BCUT2D eigenvalue weighted by Gasteiger charge is -2.43. The van der Waals surface area contributed by atoms with E-state index in [0.717, 1.165) is 28.8 Å². The Kier molecular flexibility index (Phi) is 4.68. The van der Waals surface area contributed by atoms with Crippen LogP contribution in [0.1, 0.15) is 54.2 Å². The molecule has 138 valence electrons. The van der Waals surface area contributed by atoms with Crippen LogP contribution in [-0.2, 0) is 12.0 Å². The van der Waals surface area contributed by atoms with Crippen molar-refractivity contribution < 1.29 is 4.39 Å². The zero-order valence-corrected chi connectivity index (χ0v) is 16.9. The maximum atomic E-state index is 14.4. The zero-order valence-electron chi connectivity index (χ0n) is 16.9. The quantitative estimate of drug-likeness (QED) is 0.680. The van der Waals surface area contributed by atoms with Crippen LogP contribution in [0.5, 0.6) is 0 Å². The molecule has 2 aromatic rings. The average Bonchev–Trinajstić information content (AvgIpc) is 2.59. The lowest BCUT2D eigenvalue weighted by Crippen LogP contribution is -2.44. The minimum absolute atomic E-state index is 0.101. The fourth-order valence-corrected chi connectivity index (χ4v) is 4.03. The Morgan fingerprint density at radius 2 is 1.77 bits per heavy atom. The van der Waals surface area contributed by atoms with E-state index < -0.39 is 0 Å². The number of aryl methyl sites for hydroxylation is 1. The molecule has 1 aliphatic rings. The molecule has 0 N–H and O–H groups in total. The number of fused-ring (bicyclic) bond motifs is 1. The molecule has 0 amide bonds. The van der Waals surface area contributed by atoms with Crippen LogP contribution in [-0.4, -0.2) is 18.3 Å². The molecule has 2 aromatic carbocycles. The molecule has 1 atom stereocenters. The fraction of sp³-hybridized carbons (Fsp3) is 0.435. The van der Waals surface area contributed by atoms with Gasteiger partial charge in [0.05, 0.1) is 17.6 Å². The molecule has 3 heteroatoms. The second-order valence-electron chi connectivity index (χ2n) is 8.18. The maximum Gasteiger partial charge on any atom is 0.129 e. The highest BCUT2D eigenvalue weighted by atomic mass is 19.1. The predicted octanol–water partition coefficient (Wildman–Crippen LogP) is 5.82. The highest BCUT2D eigenvalue weighted by Gasteiger charge is 2.39. The van der Waals surface area contributed by atoms with Crippen molar-refractivity contribution in [2.45, 2.75) is 53.5 Å². The topological polar surface area (TPSA) is 15.6 Å². The summed E-state index contributed by atoms with van der Waals surface area (Å²) in [6.45, 7) is 12.4. The molecule has 3 rings (SSSR count). The largest absolute Gasteiger partial charge is 0.352 e. The molecular weight excluding hydrogens is 323 g/mol. The normalized spacial score (nSPS) is 19.2. The lowest BCUT2D eigenvalue weighted by molar-refractivity contribution is 0.290. The molecule has 0 saturated heterocycles. The van der Waals surface area contributed by atoms with Gasteiger partial charge in [-0.15, -0.1) is 0 Å². The van der Waals surface area contributed by atoms with Crippen molar-refractivity contribution in [2.24, 2.45) is 10.9 Å². The van der Waals surface area contributed by atoms with E-state index in [1.165, 1.54) is 11.1 Å². The van der Waals surface area contributed by atoms with Crippen molar-refractivity contribution in [1.82, 2.24) is 4.90 Å². The van der Waals surface area contributed by atoms with Gasteiger partial charge in [0.2, 0.25) is 0 Å². The van der Waals surface area contributed by atoms with E-state index in [-0.39, 0.29) is 11.4 Å². The Hall–Kier alpha value is -2.16. The van der Waals surface area contributed by atoms with Gasteiger partial charge in [0.15, 0.2) is 0 Å². The van der Waals surface area contributed by atoms with Crippen LogP contribution in [0.4, 0.5) is 10.1 Å². The monoisotopic (exact) mass is 352 g/mol. The second kappa shape index (κ2) is 6.53. The van der Waals surface area contributed by atoms with E-state index in [1.54, 1.807) is 0 Å². The van der Waals surface area contributed by atoms with Gasteiger partial charge < -0.3 is 4.90 Å². The summed E-state index contributed by atoms with van der Waals surface area (Å²) in [6, 6.07) is 8.59. The Labute approximate surface area is 156 Å². The van der Waals surface area contributed by atoms with Crippen LogP contribution in [0.15, 0.2) is 29.3 Å². The van der Waals surface area contributed by atoms with Crippen molar-refractivity contribution in [3.8, 4) is 0 Å². The summed E-state index contributed by atoms with van der Waals surface area (Å²) in [5.41, 5.74) is 6.72. The first-order chi connectivity index (χ1) is 12.2. The number of rotatable bonds is 3. The molecule has 0 aliphatic carbocycles. The smallest absolute Gasteiger partial charge is 0.129 e. The van der Waals surface area contributed by atoms with E-state index in [4.69, 9.17) is 0 Å². The van der Waals surface area contributed by atoms with Crippen LogP contribution < -0.4 is 0 Å². The SMILES string of the molecule is Cc1cc(C2(C)c3cc(CC(C)C)ccc3N=CN2C)c(C)c(C)c1F. The van der Waals surface area contributed by atoms with Crippen molar-refractivity contribution >= 4 is 12.0 Å². The van der Waals surface area contributed by atoms with Gasteiger partial charge in [-0.1, -0.05) is 32.0 Å². The average molecular weight is 352 g/mol. The number of benzene rings is 2. The first-order valence-electron chi connectivity index (χ1n) is 9.33. The summed E-state index contributed by atoms with van der Waals surface area (Å²) in [7, 11) is 2.05. The van der Waals surface area contributed by atoms with Gasteiger partial charge >= 0.3 is 0 Å². The van der Waals surface area contributed by atoms with Crippen LogP contribution in [0.25, 0.3) is 0 Å². The summed E-state index contributed by atoms with van der Waals surface area (Å²) >= 11 is 0. The van der Waals surface area contributed by atoms with Crippen molar-refractivity contribution in [3.63, 3.8) is 0 Å². The third-order valence-electron chi connectivity index (χ3n) is 5.83. The third kappa shape index (κ3) is 2.84. The van der Waals surface area contributed by atoms with Gasteiger partial charge in [-0.3, -0.25) is 0 Å². The summed E-state index contributed by atoms with van der Waals surface area (Å²) < 4.78 is 14.4. The van der Waals surface area contributed by atoms with Crippen molar-refractivity contribution in [1.29, 1.82) is 0 Å². The Morgan fingerprint density at radius 1 is 1.08 bits per heavy atom. The van der Waals surface area contributed by atoms with E-state index in [2.05, 4.69) is 55.9 Å². The molecule has 0 spiro atoms. The van der Waals surface area contributed by atoms with E-state index in [0.29, 0.717) is 11.5 Å². The fourth-order valence-electron chi connectivity index (χ4n) is 4.03. The zero-order chi connectivity index (χ0) is 19.2. The predicted molar refractivity (Wildman–Crippen MR) is 108 cm³/mol. The summed E-state index contributed by atoms with van der Waals surface area (Å²) in [5.74, 6) is 0.497. The lowest BCUT2D eigenvalue weighted by atomic mass is 9.77. The Morgan fingerprint density at radius 3 is 2.42 bits per heavy atom. The summed E-state index contributed by atoms with van der Waals surface area (Å²) in [4.78, 5) is 6.78. The number of aliphatic imine (C=N–C) groups is 1. The molecule has 1 heterocycles. The van der Waals surface area contributed by atoms with Crippen molar-refractivity contribution in [2.75, 3.05) is 7.05 Å². The Balaban J connectivity index is 2.26. The molecule has 0 bridgehead atoms. The first-order valence-corrected chi connectivity index (χ1v) is 9.33. The molecule has 26 heavy (non-hydrogen) atoms. The highest BCUT2D eigenvalue weighted by molar-refractivity contribution is 5.72. The van der Waals surface area contributed by atoms with E-state index >= 15 is 0 Å². The summed E-state index contributed by atoms with van der Waals surface area (Å²) in [5, 5.41) is 0. The molecular formula is C23H29FN2. The van der Waals surface area contributed by atoms with E-state index in [1.807, 2.05) is 33.2 Å². The van der Waals surface area contributed by atoms with E-state index in [9.17, 15) is 4.39 Å². The highest BCUT2D eigenvalue weighted by Crippen LogP contribution is 2.44. The van der Waals surface area contributed by atoms with Crippen LogP contribution in [0, 0.1) is 32.5 Å². The molecule has 2 nitrogen and oxygen atoms in total. The van der Waals surface area contributed by atoms with Crippen LogP contribution in [0.2, 0.25) is 0 Å². The third-order valence-corrected chi connectivity index (χ3v) is 5.83. The molecule has 0 aromatic heterocycles. The van der Waals surface area contributed by atoms with Crippen LogP contribution >= 0.6 is 0 Å². The first kappa shape index (κ1) is 18.6. The second-order valence-corrected chi connectivity index (χ2v) is 8.18. The van der Waals surface area contributed by atoms with Gasteiger partial charge in [0.1, 0.15) is 5.82 Å². The summed E-state index contributed by atoms with van der Waals surface area (Å²) in [6.07, 6.45) is 2.93. The molecule has 0 fully saturated rings.